The van der Waals surface area contributed by atoms with E-state index < -0.39 is 12.1 Å². The number of hydrogen-bond acceptors (Lipinski definition) is 6. The predicted octanol–water partition coefficient (Wildman–Crippen LogP) is 2.99. The molecule has 2 aliphatic rings. The number of hydrogen-bond donors (Lipinski definition) is 2. The number of amides is 1. The van der Waals surface area contributed by atoms with Crippen molar-refractivity contribution in [1.82, 2.24) is 10.2 Å². The Balaban J connectivity index is 0.000000339. The summed E-state index contributed by atoms with van der Waals surface area (Å²) in [5.41, 5.74) is 1.36. The Kier molecular flexibility index (Phi) is 7.74. The number of halogens is 3. The standard InChI is InChI=1S/C18H22N2O3S.C2HF3O2/c21-18(19-6-15-2-1-4-23-15)17-11-22-10-14-8-20(9-16(14)17)7-13-3-5-24-12-13;3-2(4,5)1(6)7/h1-5,12,14,16-17H,6-11H2,(H,19,21);(H,6,7)/t14-,16-,17+;/m1./s1. The normalized spacial score (nSPS) is 23.5. The molecule has 2 aromatic rings. The predicted molar refractivity (Wildman–Crippen MR) is 105 cm³/mol. The summed E-state index contributed by atoms with van der Waals surface area (Å²) in [6.45, 7) is 4.70. The quantitative estimate of drug-likeness (QED) is 0.713. The molecule has 0 saturated carbocycles. The first-order chi connectivity index (χ1) is 14.7. The van der Waals surface area contributed by atoms with Crippen molar-refractivity contribution < 1.29 is 37.0 Å². The van der Waals surface area contributed by atoms with Gasteiger partial charge in [-0.15, -0.1) is 0 Å². The van der Waals surface area contributed by atoms with Crippen LogP contribution in [0.4, 0.5) is 13.2 Å². The Morgan fingerprint density at radius 3 is 2.65 bits per heavy atom. The van der Waals surface area contributed by atoms with Crippen molar-refractivity contribution in [3.8, 4) is 0 Å². The number of likely N-dealkylation sites (tertiary alicyclic amines) is 1. The number of carbonyl (C=O) groups excluding carboxylic acids is 1. The molecule has 11 heteroatoms. The van der Waals surface area contributed by atoms with Crippen LogP contribution in [0.5, 0.6) is 0 Å². The average molecular weight is 460 g/mol. The van der Waals surface area contributed by atoms with Gasteiger partial charge in [-0.05, 0) is 46.4 Å². The van der Waals surface area contributed by atoms with Crippen molar-refractivity contribution in [2.24, 2.45) is 17.8 Å². The van der Waals surface area contributed by atoms with E-state index >= 15 is 0 Å². The Labute approximate surface area is 180 Å². The van der Waals surface area contributed by atoms with Gasteiger partial charge in [0.05, 0.1) is 31.9 Å². The molecular formula is C20H23F3N2O5S. The molecule has 2 saturated heterocycles. The molecule has 31 heavy (non-hydrogen) atoms. The zero-order valence-corrected chi connectivity index (χ0v) is 17.3. The van der Waals surface area contributed by atoms with E-state index in [1.54, 1.807) is 17.6 Å². The van der Waals surface area contributed by atoms with Crippen LogP contribution in [0, 0.1) is 17.8 Å². The number of ether oxygens (including phenoxy) is 1. The number of carboxylic acid groups (broad SMARTS) is 1. The highest BCUT2D eigenvalue weighted by atomic mass is 32.1. The van der Waals surface area contributed by atoms with E-state index in [2.05, 4.69) is 27.0 Å². The maximum absolute atomic E-state index is 12.6. The summed E-state index contributed by atoms with van der Waals surface area (Å²) in [4.78, 5) is 24.0. The lowest BCUT2D eigenvalue weighted by atomic mass is 9.82. The minimum Gasteiger partial charge on any atom is -0.475 e. The number of furan rings is 1. The Morgan fingerprint density at radius 1 is 1.26 bits per heavy atom. The molecule has 4 rings (SSSR count). The minimum absolute atomic E-state index is 0.0637. The molecule has 0 aromatic carbocycles. The van der Waals surface area contributed by atoms with Gasteiger partial charge < -0.3 is 19.6 Å². The number of nitrogens with one attached hydrogen (secondary N) is 1. The van der Waals surface area contributed by atoms with Crippen molar-refractivity contribution in [2.45, 2.75) is 19.3 Å². The second kappa shape index (κ2) is 10.3. The highest BCUT2D eigenvalue weighted by Gasteiger charge is 2.43. The number of aliphatic carboxylic acids is 1. The third-order valence-corrected chi connectivity index (χ3v) is 6.03. The van der Waals surface area contributed by atoms with Crippen LogP contribution in [0.25, 0.3) is 0 Å². The lowest BCUT2D eigenvalue weighted by Gasteiger charge is -2.31. The Bertz CT molecular complexity index is 842. The first kappa shape index (κ1) is 23.3. The van der Waals surface area contributed by atoms with Crippen molar-refractivity contribution in [3.05, 3.63) is 46.5 Å². The molecule has 2 fully saturated rings. The van der Waals surface area contributed by atoms with Crippen LogP contribution in [-0.4, -0.2) is 54.4 Å². The van der Waals surface area contributed by atoms with Gasteiger partial charge in [-0.1, -0.05) is 0 Å². The summed E-state index contributed by atoms with van der Waals surface area (Å²) in [5, 5.41) is 14.4. The van der Waals surface area contributed by atoms with Crippen LogP contribution < -0.4 is 5.32 Å². The van der Waals surface area contributed by atoms with Gasteiger partial charge in [0.1, 0.15) is 5.76 Å². The molecule has 7 nitrogen and oxygen atoms in total. The Hall–Kier alpha value is -2.37. The fraction of sp³-hybridized carbons (Fsp3) is 0.500. The van der Waals surface area contributed by atoms with Crippen molar-refractivity contribution >= 4 is 23.2 Å². The second-order valence-corrected chi connectivity index (χ2v) is 8.27. The molecule has 0 unspecified atom stereocenters. The average Bonchev–Trinajstić information content (AvgIpc) is 3.47. The number of carbonyl (C=O) groups is 2. The van der Waals surface area contributed by atoms with Gasteiger partial charge in [0.25, 0.3) is 0 Å². The summed E-state index contributed by atoms with van der Waals surface area (Å²) in [6, 6.07) is 5.88. The Morgan fingerprint density at radius 2 is 2.03 bits per heavy atom. The number of nitrogens with zero attached hydrogens (tertiary/aromatic N) is 1. The SMILES string of the molecule is O=C(NCc1ccco1)[C@H]1COC[C@H]2CN(Cc3ccsc3)C[C@H]21.O=C(O)C(F)(F)F. The van der Waals surface area contributed by atoms with Gasteiger partial charge in [0, 0.05) is 19.6 Å². The van der Waals surface area contributed by atoms with Crippen molar-refractivity contribution in [1.29, 1.82) is 0 Å². The first-order valence-electron chi connectivity index (χ1n) is 9.65. The molecule has 4 heterocycles. The number of thiophene rings is 1. The molecule has 2 aromatic heterocycles. The molecule has 0 bridgehead atoms. The maximum atomic E-state index is 12.6. The molecule has 0 aliphatic carbocycles. The molecule has 3 atom stereocenters. The number of fused-ring (bicyclic) bond motifs is 1. The van der Waals surface area contributed by atoms with Crippen LogP contribution in [0.1, 0.15) is 11.3 Å². The number of carboxylic acids is 1. The number of alkyl halides is 3. The molecule has 1 amide bonds. The minimum atomic E-state index is -5.08. The van der Waals surface area contributed by atoms with E-state index in [0.29, 0.717) is 25.0 Å². The van der Waals surface area contributed by atoms with Gasteiger partial charge in [0.15, 0.2) is 0 Å². The smallest absolute Gasteiger partial charge is 0.475 e. The van der Waals surface area contributed by atoms with E-state index in [9.17, 15) is 18.0 Å². The summed E-state index contributed by atoms with van der Waals surface area (Å²) >= 11 is 1.73. The van der Waals surface area contributed by atoms with Crippen LogP contribution in [0.3, 0.4) is 0 Å². The molecule has 170 valence electrons. The molecule has 2 aliphatic heterocycles. The van der Waals surface area contributed by atoms with E-state index in [1.165, 1.54) is 5.56 Å². The van der Waals surface area contributed by atoms with Crippen LogP contribution in [0.2, 0.25) is 0 Å². The zero-order chi connectivity index (χ0) is 22.4. The van der Waals surface area contributed by atoms with Gasteiger partial charge in [-0.2, -0.15) is 24.5 Å². The monoisotopic (exact) mass is 460 g/mol. The van der Waals surface area contributed by atoms with E-state index in [1.807, 2.05) is 12.1 Å². The highest BCUT2D eigenvalue weighted by molar-refractivity contribution is 7.07. The zero-order valence-electron chi connectivity index (χ0n) is 16.5. The van der Waals surface area contributed by atoms with Gasteiger partial charge >= 0.3 is 12.1 Å². The van der Waals surface area contributed by atoms with Gasteiger partial charge in [-0.3, -0.25) is 9.69 Å². The summed E-state index contributed by atoms with van der Waals surface area (Å²) in [6.07, 6.45) is -3.46. The van der Waals surface area contributed by atoms with Crippen molar-refractivity contribution in [2.75, 3.05) is 26.3 Å². The topological polar surface area (TPSA) is 92.0 Å². The van der Waals surface area contributed by atoms with Gasteiger partial charge in [-0.25, -0.2) is 4.79 Å². The maximum Gasteiger partial charge on any atom is 0.490 e. The van der Waals surface area contributed by atoms with Crippen LogP contribution in [0.15, 0.2) is 39.6 Å². The fourth-order valence-corrected chi connectivity index (χ4v) is 4.51. The van der Waals surface area contributed by atoms with E-state index in [4.69, 9.17) is 19.1 Å². The lowest BCUT2D eigenvalue weighted by Crippen LogP contribution is -2.44. The molecule has 2 N–H and O–H groups in total. The van der Waals surface area contributed by atoms with Crippen molar-refractivity contribution in [3.63, 3.8) is 0 Å². The summed E-state index contributed by atoms with van der Waals surface area (Å²) < 4.78 is 42.7. The largest absolute Gasteiger partial charge is 0.490 e. The van der Waals surface area contributed by atoms with Gasteiger partial charge in [0.2, 0.25) is 5.91 Å². The molecular weight excluding hydrogens is 437 g/mol. The second-order valence-electron chi connectivity index (χ2n) is 7.49. The van der Waals surface area contributed by atoms with E-state index in [-0.39, 0.29) is 11.8 Å². The third kappa shape index (κ3) is 6.55. The summed E-state index contributed by atoms with van der Waals surface area (Å²) in [7, 11) is 0. The fourth-order valence-electron chi connectivity index (χ4n) is 3.85. The summed E-state index contributed by atoms with van der Waals surface area (Å²) in [5.74, 6) is -1.12. The third-order valence-electron chi connectivity index (χ3n) is 5.30. The number of rotatable bonds is 5. The molecule has 0 spiro atoms. The van der Waals surface area contributed by atoms with Crippen LogP contribution >= 0.6 is 11.3 Å². The lowest BCUT2D eigenvalue weighted by molar-refractivity contribution is -0.192. The first-order valence-corrected chi connectivity index (χ1v) is 10.6. The highest BCUT2D eigenvalue weighted by Crippen LogP contribution is 2.35. The molecule has 0 radical (unpaired) electrons. The van der Waals surface area contributed by atoms with E-state index in [0.717, 1.165) is 32.0 Å². The van der Waals surface area contributed by atoms with Crippen LogP contribution in [-0.2, 0) is 27.4 Å².